The molecule has 1 amide bonds. The van der Waals surface area contributed by atoms with E-state index in [0.29, 0.717) is 11.3 Å². The highest BCUT2D eigenvalue weighted by Crippen LogP contribution is 2.22. The van der Waals surface area contributed by atoms with Gasteiger partial charge in [-0.2, -0.15) is 9.78 Å². The number of non-ortho nitro benzene ring substituents is 1. The molecule has 3 N–H and O–H groups in total. The number of amides is 1. The van der Waals surface area contributed by atoms with Gasteiger partial charge in [-0.25, -0.2) is 10.1 Å². The molecule has 2 aromatic heterocycles. The number of nitrogens with one attached hydrogen (secondary N) is 1. The van der Waals surface area contributed by atoms with E-state index in [4.69, 9.17) is 5.73 Å². The van der Waals surface area contributed by atoms with Crippen LogP contribution in [0.1, 0.15) is 41.5 Å². The minimum absolute atomic E-state index is 0.00921. The van der Waals surface area contributed by atoms with Gasteiger partial charge in [0.25, 0.3) is 11.6 Å². The topological polar surface area (TPSA) is 180 Å². The number of nitrogens with zero attached hydrogens (tertiary/aromatic N) is 7. The van der Waals surface area contributed by atoms with Crippen molar-refractivity contribution in [2.45, 2.75) is 19.8 Å². The van der Waals surface area contributed by atoms with Crippen molar-refractivity contribution in [1.29, 1.82) is 0 Å². The number of benzene rings is 1. The molecule has 0 unspecified atom stereocenters. The molecule has 0 fully saturated rings. The molecule has 0 bridgehead atoms. The maximum absolute atomic E-state index is 12.5. The number of hydrogen-bond donors (Lipinski definition) is 2. The highest BCUT2D eigenvalue weighted by atomic mass is 16.6. The van der Waals surface area contributed by atoms with E-state index in [2.05, 4.69) is 35.8 Å². The number of carbonyl (C=O) groups excluding carboxylic acids is 1. The number of anilines is 1. The average Bonchev–Trinajstić information content (AvgIpc) is 3.27. The molecule has 0 aliphatic carbocycles. The molecule has 0 radical (unpaired) electrons. The van der Waals surface area contributed by atoms with Gasteiger partial charge in [0.05, 0.1) is 16.8 Å². The molecule has 2 heterocycles. The Morgan fingerprint density at radius 2 is 2.07 bits per heavy atom. The minimum atomic E-state index is -0.594. The third kappa shape index (κ3) is 3.67. The molecule has 3 rings (SSSR count). The molecule has 0 spiro atoms. The molecule has 13 heteroatoms. The fourth-order valence-electron chi connectivity index (χ4n) is 2.36. The smallest absolute Gasteiger partial charge is 0.293 e. The summed E-state index contributed by atoms with van der Waals surface area (Å²) in [6.45, 7) is 3.69. The lowest BCUT2D eigenvalue weighted by Crippen LogP contribution is -2.21. The monoisotopic (exact) mass is 385 g/mol. The third-order valence-corrected chi connectivity index (χ3v) is 3.65. The van der Waals surface area contributed by atoms with Crippen LogP contribution in [-0.4, -0.2) is 42.4 Å². The second-order valence-corrected chi connectivity index (χ2v) is 5.91. The van der Waals surface area contributed by atoms with Crippen molar-refractivity contribution >= 4 is 23.6 Å². The third-order valence-electron chi connectivity index (χ3n) is 3.65. The van der Waals surface area contributed by atoms with Gasteiger partial charge in [0.1, 0.15) is 0 Å². The summed E-state index contributed by atoms with van der Waals surface area (Å²) in [5.41, 5.74) is 9.04. The molecule has 13 nitrogen and oxygen atoms in total. The summed E-state index contributed by atoms with van der Waals surface area (Å²) < 4.78 is 5.84. The van der Waals surface area contributed by atoms with Crippen LogP contribution in [0.15, 0.2) is 34.0 Å². The van der Waals surface area contributed by atoms with E-state index < -0.39 is 10.8 Å². The Bertz CT molecular complexity index is 1040. The summed E-state index contributed by atoms with van der Waals surface area (Å²) in [5, 5.41) is 29.4. The predicted molar refractivity (Wildman–Crippen MR) is 95.9 cm³/mol. The van der Waals surface area contributed by atoms with Crippen molar-refractivity contribution in [3.8, 4) is 5.82 Å². The number of hydrogen-bond acceptors (Lipinski definition) is 10. The number of rotatable bonds is 6. The summed E-state index contributed by atoms with van der Waals surface area (Å²) in [6, 6.07) is 5.68. The van der Waals surface area contributed by atoms with Crippen molar-refractivity contribution in [1.82, 2.24) is 30.7 Å². The van der Waals surface area contributed by atoms with Gasteiger partial charge in [-0.05, 0) is 33.9 Å². The van der Waals surface area contributed by atoms with Crippen molar-refractivity contribution in [3.05, 3.63) is 51.3 Å². The molecule has 0 saturated carbocycles. The predicted octanol–water partition coefficient (Wildman–Crippen LogP) is 1.03. The minimum Gasteiger partial charge on any atom is -0.378 e. The van der Waals surface area contributed by atoms with Crippen LogP contribution in [-0.2, 0) is 0 Å². The number of aromatic nitrogens is 5. The van der Waals surface area contributed by atoms with Gasteiger partial charge >= 0.3 is 0 Å². The van der Waals surface area contributed by atoms with Gasteiger partial charge in [0.15, 0.2) is 5.69 Å². The Hall–Kier alpha value is -4.16. The maximum atomic E-state index is 12.5. The van der Waals surface area contributed by atoms with Crippen LogP contribution in [0.2, 0.25) is 0 Å². The number of hydrazone groups is 1. The largest absolute Gasteiger partial charge is 0.378 e. The summed E-state index contributed by atoms with van der Waals surface area (Å²) in [7, 11) is 0. The maximum Gasteiger partial charge on any atom is 0.293 e. The molecule has 28 heavy (non-hydrogen) atoms. The van der Waals surface area contributed by atoms with Crippen LogP contribution in [0.25, 0.3) is 5.82 Å². The summed E-state index contributed by atoms with van der Waals surface area (Å²) in [5.74, 6) is -0.603. The molecule has 0 saturated heterocycles. The van der Waals surface area contributed by atoms with Gasteiger partial charge < -0.3 is 5.73 Å². The molecule has 0 aliphatic rings. The first-order valence-corrected chi connectivity index (χ1v) is 8.00. The van der Waals surface area contributed by atoms with Crippen LogP contribution in [0.5, 0.6) is 0 Å². The van der Waals surface area contributed by atoms with Crippen LogP contribution in [0.4, 0.5) is 11.5 Å². The Morgan fingerprint density at radius 3 is 2.64 bits per heavy atom. The molecule has 3 aromatic rings. The van der Waals surface area contributed by atoms with E-state index in [9.17, 15) is 14.9 Å². The molecule has 0 aliphatic heterocycles. The average molecular weight is 385 g/mol. The fraction of sp³-hybridized carbons (Fsp3) is 0.200. The molecule has 144 valence electrons. The zero-order valence-corrected chi connectivity index (χ0v) is 14.8. The Balaban J connectivity index is 1.78. The van der Waals surface area contributed by atoms with Gasteiger partial charge in [-0.3, -0.25) is 14.9 Å². The Labute approximate surface area is 157 Å². The zero-order valence-electron chi connectivity index (χ0n) is 14.8. The van der Waals surface area contributed by atoms with Crippen LogP contribution >= 0.6 is 0 Å². The quantitative estimate of drug-likeness (QED) is 0.356. The first kappa shape index (κ1) is 18.6. The lowest BCUT2D eigenvalue weighted by molar-refractivity contribution is -0.384. The fourth-order valence-corrected chi connectivity index (χ4v) is 2.36. The highest BCUT2D eigenvalue weighted by molar-refractivity contribution is 5.94. The lowest BCUT2D eigenvalue weighted by atomic mass is 10.1. The molecular weight excluding hydrogens is 370 g/mol. The molecular formula is C15H15N9O4. The van der Waals surface area contributed by atoms with Crippen LogP contribution < -0.4 is 11.2 Å². The Morgan fingerprint density at radius 1 is 1.36 bits per heavy atom. The van der Waals surface area contributed by atoms with Crippen molar-refractivity contribution in [2.24, 2.45) is 5.10 Å². The van der Waals surface area contributed by atoms with Crippen molar-refractivity contribution in [3.63, 3.8) is 0 Å². The van der Waals surface area contributed by atoms with Gasteiger partial charge in [0.2, 0.25) is 11.6 Å². The summed E-state index contributed by atoms with van der Waals surface area (Å²) >= 11 is 0. The van der Waals surface area contributed by atoms with Gasteiger partial charge in [0, 0.05) is 12.1 Å². The summed E-state index contributed by atoms with van der Waals surface area (Å²) in [4.78, 5) is 22.6. The summed E-state index contributed by atoms with van der Waals surface area (Å²) in [6.07, 6.45) is 1.35. The van der Waals surface area contributed by atoms with Crippen LogP contribution in [0.3, 0.4) is 0 Å². The van der Waals surface area contributed by atoms with Crippen molar-refractivity contribution < 1.29 is 14.3 Å². The first-order chi connectivity index (χ1) is 13.4. The second kappa shape index (κ2) is 7.61. The highest BCUT2D eigenvalue weighted by Gasteiger charge is 2.25. The normalized spacial score (nSPS) is 11.2. The van der Waals surface area contributed by atoms with Crippen molar-refractivity contribution in [2.75, 3.05) is 5.73 Å². The van der Waals surface area contributed by atoms with Crippen LogP contribution in [0, 0.1) is 10.1 Å². The number of carbonyl (C=O) groups is 1. The molecule has 0 atom stereocenters. The Kier molecular flexibility index (Phi) is 5.06. The van der Waals surface area contributed by atoms with Gasteiger partial charge in [-0.1, -0.05) is 19.1 Å². The van der Waals surface area contributed by atoms with E-state index in [1.54, 1.807) is 0 Å². The van der Waals surface area contributed by atoms with E-state index in [0.717, 1.165) is 0 Å². The number of nitrogens with two attached hydrogens (primary N) is 1. The lowest BCUT2D eigenvalue weighted by Gasteiger charge is -2.08. The van der Waals surface area contributed by atoms with E-state index in [1.165, 1.54) is 35.2 Å². The number of nitro benzene ring substituents is 1. The number of nitro groups is 1. The SMILES string of the molecule is CC(C)c1c(C(=O)N/N=C/c2ccc([N+](=O)[O-])cc2)nnn1-c1nonc1N. The first-order valence-electron chi connectivity index (χ1n) is 8.00. The van der Waals surface area contributed by atoms with E-state index in [1.807, 2.05) is 13.8 Å². The standard InChI is InChI=1S/C15H15N9O4/c1-8(2)12-11(18-22-23(12)14-13(16)20-28-21-14)15(25)19-17-7-9-3-5-10(6-4-9)24(26)27/h3-8H,1-2H3,(H2,16,20)(H,19,25)/b17-7+. The van der Waals surface area contributed by atoms with Gasteiger partial charge in [-0.15, -0.1) is 5.10 Å². The molecule has 1 aromatic carbocycles. The van der Waals surface area contributed by atoms with E-state index in [-0.39, 0.29) is 28.9 Å². The second-order valence-electron chi connectivity index (χ2n) is 5.91. The van der Waals surface area contributed by atoms with E-state index >= 15 is 0 Å². The number of nitrogen functional groups attached to an aromatic ring is 1. The zero-order chi connectivity index (χ0) is 20.3.